The summed E-state index contributed by atoms with van der Waals surface area (Å²) in [6, 6.07) is 13.1. The number of aliphatic hydroxyl groups is 1. The molecule has 2 fully saturated rings. The maximum absolute atomic E-state index is 10.4. The highest BCUT2D eigenvalue weighted by molar-refractivity contribution is 5.88. The predicted molar refractivity (Wildman–Crippen MR) is 120 cm³/mol. The Morgan fingerprint density at radius 3 is 2.68 bits per heavy atom. The van der Waals surface area contributed by atoms with Crippen LogP contribution in [-0.4, -0.2) is 89.4 Å². The number of morpholine rings is 1. The maximum Gasteiger partial charge on any atom is 0.120 e. The van der Waals surface area contributed by atoms with Crippen molar-refractivity contribution in [2.24, 2.45) is 7.05 Å². The molecule has 1 atom stereocenters. The fourth-order valence-corrected chi connectivity index (χ4v) is 4.47. The highest BCUT2D eigenvalue weighted by Gasteiger charge is 2.33. The highest BCUT2D eigenvalue weighted by atomic mass is 16.5. The molecule has 0 radical (unpaired) electrons. The molecule has 7 nitrogen and oxygen atoms in total. The van der Waals surface area contributed by atoms with Crippen molar-refractivity contribution in [2.45, 2.75) is 12.1 Å². The molecule has 2 aromatic carbocycles. The summed E-state index contributed by atoms with van der Waals surface area (Å²) in [5, 5.41) is 17.0. The summed E-state index contributed by atoms with van der Waals surface area (Å²) in [4.78, 5) is 4.80. The number of aliphatic hydroxyl groups excluding tert-OH is 1. The Labute approximate surface area is 182 Å². The number of aryl methyl sites for hydroxylation is 1. The Balaban J connectivity index is 1.14. The summed E-state index contributed by atoms with van der Waals surface area (Å²) >= 11 is 0. The third kappa shape index (κ3) is 4.75. The minimum Gasteiger partial charge on any atom is -0.491 e. The first-order valence-electron chi connectivity index (χ1n) is 11.0. The second kappa shape index (κ2) is 8.96. The van der Waals surface area contributed by atoms with Crippen molar-refractivity contribution in [2.75, 3.05) is 52.5 Å². The fraction of sp³-hybridized carbons (Fsp3) is 0.458. The lowest BCUT2D eigenvalue weighted by Gasteiger charge is -2.47. The summed E-state index contributed by atoms with van der Waals surface area (Å²) in [6.07, 6.45) is 3.39. The van der Waals surface area contributed by atoms with E-state index in [4.69, 9.17) is 9.47 Å². The van der Waals surface area contributed by atoms with Gasteiger partial charge in [-0.15, -0.1) is 0 Å². The third-order valence-corrected chi connectivity index (χ3v) is 6.26. The maximum atomic E-state index is 10.4. The van der Waals surface area contributed by atoms with Crippen LogP contribution >= 0.6 is 0 Å². The monoisotopic (exact) mass is 422 g/mol. The van der Waals surface area contributed by atoms with Crippen LogP contribution in [0.15, 0.2) is 48.8 Å². The minimum atomic E-state index is -0.497. The van der Waals surface area contributed by atoms with Crippen molar-refractivity contribution in [1.29, 1.82) is 0 Å². The van der Waals surface area contributed by atoms with E-state index < -0.39 is 6.10 Å². The lowest BCUT2D eigenvalue weighted by molar-refractivity contribution is -0.0461. The van der Waals surface area contributed by atoms with Crippen LogP contribution in [0.25, 0.3) is 21.9 Å². The van der Waals surface area contributed by atoms with Gasteiger partial charge in [-0.3, -0.25) is 14.5 Å². The second-order valence-electron chi connectivity index (χ2n) is 8.61. The molecule has 2 aliphatic rings. The molecule has 1 unspecified atom stereocenters. The summed E-state index contributed by atoms with van der Waals surface area (Å²) in [6.45, 7) is 6.70. The zero-order valence-electron chi connectivity index (χ0n) is 18.0. The number of aromatic nitrogens is 2. The Kier molecular flexibility index (Phi) is 5.91. The Morgan fingerprint density at radius 1 is 1.10 bits per heavy atom. The number of ether oxygens (including phenoxy) is 2. The molecule has 7 heteroatoms. The summed E-state index contributed by atoms with van der Waals surface area (Å²) in [5.74, 6) is 0.782. The van der Waals surface area contributed by atoms with E-state index >= 15 is 0 Å². The molecule has 164 valence electrons. The first kappa shape index (κ1) is 20.5. The number of fused-ring (bicyclic) bond motifs is 1. The SMILES string of the molecule is Cn1cc(-c2ccc3ccc(OCC(O)CN4CC(N5CCOCC5)C4)cc3c2)cn1. The van der Waals surface area contributed by atoms with Gasteiger partial charge in [0.2, 0.25) is 0 Å². The van der Waals surface area contributed by atoms with E-state index in [2.05, 4.69) is 39.2 Å². The van der Waals surface area contributed by atoms with E-state index in [0.717, 1.165) is 67.0 Å². The zero-order valence-corrected chi connectivity index (χ0v) is 18.0. The van der Waals surface area contributed by atoms with Crippen LogP contribution in [-0.2, 0) is 11.8 Å². The lowest BCUT2D eigenvalue weighted by Crippen LogP contribution is -2.62. The number of rotatable bonds is 7. The van der Waals surface area contributed by atoms with Gasteiger partial charge in [0.1, 0.15) is 18.5 Å². The van der Waals surface area contributed by atoms with E-state index in [1.54, 1.807) is 0 Å². The molecule has 0 amide bonds. The first-order chi connectivity index (χ1) is 15.1. The molecule has 3 aromatic rings. The van der Waals surface area contributed by atoms with Crippen molar-refractivity contribution in [1.82, 2.24) is 19.6 Å². The van der Waals surface area contributed by atoms with Crippen molar-refractivity contribution in [3.8, 4) is 16.9 Å². The standard InChI is InChI=1S/C24H30N4O3/c1-26-13-21(12-25-26)19-3-2-18-4-5-24(11-20(18)10-19)31-17-23(29)16-27-14-22(15-27)28-6-8-30-9-7-28/h2-5,10-13,22-23,29H,6-9,14-17H2,1H3. The molecule has 2 aliphatic heterocycles. The van der Waals surface area contributed by atoms with Crippen LogP contribution in [0.2, 0.25) is 0 Å². The zero-order chi connectivity index (χ0) is 21.2. The van der Waals surface area contributed by atoms with Crippen LogP contribution in [0, 0.1) is 0 Å². The third-order valence-electron chi connectivity index (χ3n) is 6.26. The summed E-state index contributed by atoms with van der Waals surface area (Å²) in [7, 11) is 1.92. The largest absolute Gasteiger partial charge is 0.491 e. The Morgan fingerprint density at radius 2 is 1.90 bits per heavy atom. The predicted octanol–water partition coefficient (Wildman–Crippen LogP) is 2.00. The van der Waals surface area contributed by atoms with Gasteiger partial charge >= 0.3 is 0 Å². The van der Waals surface area contributed by atoms with Crippen LogP contribution in [0.1, 0.15) is 0 Å². The molecule has 3 heterocycles. The van der Waals surface area contributed by atoms with Crippen LogP contribution in [0.3, 0.4) is 0 Å². The highest BCUT2D eigenvalue weighted by Crippen LogP contribution is 2.27. The number of β-amino-alcohol motifs (C(OH)–C–C–N with tert-alkyl or cyclic N) is 1. The molecule has 5 rings (SSSR count). The van der Waals surface area contributed by atoms with Gasteiger partial charge in [-0.2, -0.15) is 5.10 Å². The topological polar surface area (TPSA) is 63.0 Å². The minimum absolute atomic E-state index is 0.298. The first-order valence-corrected chi connectivity index (χ1v) is 11.0. The molecule has 0 spiro atoms. The number of hydrogen-bond donors (Lipinski definition) is 1. The quantitative estimate of drug-likeness (QED) is 0.628. The van der Waals surface area contributed by atoms with Gasteiger partial charge in [0.25, 0.3) is 0 Å². The number of likely N-dealkylation sites (tertiary alicyclic amines) is 1. The number of hydrogen-bond acceptors (Lipinski definition) is 6. The molecule has 0 bridgehead atoms. The van der Waals surface area contributed by atoms with Crippen molar-refractivity contribution in [3.63, 3.8) is 0 Å². The van der Waals surface area contributed by atoms with Gasteiger partial charge in [0.15, 0.2) is 0 Å². The van der Waals surface area contributed by atoms with Crippen LogP contribution in [0.4, 0.5) is 0 Å². The van der Waals surface area contributed by atoms with E-state index in [9.17, 15) is 5.11 Å². The molecule has 31 heavy (non-hydrogen) atoms. The molecular formula is C24H30N4O3. The Bertz CT molecular complexity index is 1020. The number of benzene rings is 2. The summed E-state index contributed by atoms with van der Waals surface area (Å²) < 4.78 is 13.2. The van der Waals surface area contributed by atoms with Crippen LogP contribution in [0.5, 0.6) is 5.75 Å². The van der Waals surface area contributed by atoms with E-state index in [1.807, 2.05) is 36.3 Å². The lowest BCUT2D eigenvalue weighted by atomic mass is 10.0. The molecular weight excluding hydrogens is 392 g/mol. The van der Waals surface area contributed by atoms with Gasteiger partial charge in [-0.25, -0.2) is 0 Å². The Hall–Kier alpha value is -2.45. The van der Waals surface area contributed by atoms with E-state index in [-0.39, 0.29) is 0 Å². The molecule has 1 aromatic heterocycles. The molecule has 0 aliphatic carbocycles. The molecule has 0 saturated carbocycles. The van der Waals surface area contributed by atoms with Gasteiger partial charge in [-0.05, 0) is 34.5 Å². The van der Waals surface area contributed by atoms with Crippen molar-refractivity contribution < 1.29 is 14.6 Å². The van der Waals surface area contributed by atoms with Crippen LogP contribution < -0.4 is 4.74 Å². The van der Waals surface area contributed by atoms with Crippen molar-refractivity contribution in [3.05, 3.63) is 48.8 Å². The normalized spacial score (nSPS) is 19.4. The second-order valence-corrected chi connectivity index (χ2v) is 8.61. The average molecular weight is 423 g/mol. The van der Waals surface area contributed by atoms with Crippen molar-refractivity contribution >= 4 is 10.8 Å². The smallest absolute Gasteiger partial charge is 0.120 e. The van der Waals surface area contributed by atoms with Gasteiger partial charge < -0.3 is 14.6 Å². The van der Waals surface area contributed by atoms with Gasteiger partial charge in [-0.1, -0.05) is 18.2 Å². The van der Waals surface area contributed by atoms with Gasteiger partial charge in [0, 0.05) is 57.6 Å². The average Bonchev–Trinajstić information content (AvgIpc) is 3.21. The van der Waals surface area contributed by atoms with Gasteiger partial charge in [0.05, 0.1) is 19.4 Å². The van der Waals surface area contributed by atoms with E-state index in [0.29, 0.717) is 19.2 Å². The van der Waals surface area contributed by atoms with E-state index in [1.165, 1.54) is 0 Å². The molecule has 2 saturated heterocycles. The summed E-state index contributed by atoms with van der Waals surface area (Å²) in [5.41, 5.74) is 2.22. The molecule has 1 N–H and O–H groups in total. The number of nitrogens with zero attached hydrogens (tertiary/aromatic N) is 4. The fourth-order valence-electron chi connectivity index (χ4n) is 4.47.